The van der Waals surface area contributed by atoms with Gasteiger partial charge in [-0.3, -0.25) is 4.79 Å². The Labute approximate surface area is 134 Å². The minimum atomic E-state index is -0.127. The molecule has 0 radical (unpaired) electrons. The summed E-state index contributed by atoms with van der Waals surface area (Å²) in [4.78, 5) is 12.7. The molecule has 4 rings (SSSR count). The summed E-state index contributed by atoms with van der Waals surface area (Å²) in [6.45, 7) is 6.85. The molecule has 7 atom stereocenters. The maximum Gasteiger partial charge on any atom is 0.141 e. The number of carbonyl (C=O) groups is 1. The predicted molar refractivity (Wildman–Crippen MR) is 87.3 cm³/mol. The van der Waals surface area contributed by atoms with E-state index in [1.54, 1.807) is 0 Å². The van der Waals surface area contributed by atoms with Crippen molar-refractivity contribution in [3.8, 4) is 0 Å². The van der Waals surface area contributed by atoms with Crippen molar-refractivity contribution < 1.29 is 9.90 Å². The summed E-state index contributed by atoms with van der Waals surface area (Å²) in [5.74, 6) is 2.82. The summed E-state index contributed by atoms with van der Waals surface area (Å²) < 4.78 is 0. The van der Waals surface area contributed by atoms with E-state index < -0.39 is 0 Å². The molecule has 3 saturated carbocycles. The summed E-state index contributed by atoms with van der Waals surface area (Å²) in [6.07, 6.45) is 9.84. The zero-order valence-electron chi connectivity index (χ0n) is 14.3. The van der Waals surface area contributed by atoms with Gasteiger partial charge in [-0.2, -0.15) is 0 Å². The van der Waals surface area contributed by atoms with E-state index in [4.69, 9.17) is 0 Å². The lowest BCUT2D eigenvalue weighted by Crippen LogP contribution is -2.50. The average molecular weight is 302 g/mol. The number of rotatable bonds is 0. The van der Waals surface area contributed by atoms with Crippen LogP contribution in [0.5, 0.6) is 0 Å². The molecule has 0 bridgehead atoms. The molecule has 4 aliphatic carbocycles. The van der Waals surface area contributed by atoms with Crippen molar-refractivity contribution in [2.45, 2.75) is 71.8 Å². The van der Waals surface area contributed by atoms with E-state index in [9.17, 15) is 9.90 Å². The van der Waals surface area contributed by atoms with E-state index in [0.717, 1.165) is 44.4 Å². The number of fused-ring (bicyclic) bond motifs is 5. The molecular weight excluding hydrogens is 272 g/mol. The molecule has 1 N–H and O–H groups in total. The normalized spacial score (nSPS) is 54.3. The van der Waals surface area contributed by atoms with Crippen LogP contribution in [0.15, 0.2) is 11.6 Å². The van der Waals surface area contributed by atoms with E-state index in [0.29, 0.717) is 23.0 Å². The molecular formula is C20H30O2. The van der Waals surface area contributed by atoms with Crippen LogP contribution in [0.4, 0.5) is 0 Å². The summed E-state index contributed by atoms with van der Waals surface area (Å²) in [5, 5.41) is 10.0. The van der Waals surface area contributed by atoms with Crippen LogP contribution in [-0.4, -0.2) is 17.0 Å². The lowest BCUT2D eigenvalue weighted by Gasteiger charge is -2.56. The summed E-state index contributed by atoms with van der Waals surface area (Å²) in [7, 11) is 0. The molecule has 0 aromatic heterocycles. The molecule has 22 heavy (non-hydrogen) atoms. The maximum atomic E-state index is 12.7. The average Bonchev–Trinajstić information content (AvgIpc) is 2.72. The minimum absolute atomic E-state index is 0.0452. The number of hydrogen-bond donors (Lipinski definition) is 1. The fourth-order valence-electron chi connectivity index (χ4n) is 6.75. The van der Waals surface area contributed by atoms with Crippen LogP contribution in [0.1, 0.15) is 65.7 Å². The second-order valence-corrected chi connectivity index (χ2v) is 9.11. The Morgan fingerprint density at radius 3 is 2.64 bits per heavy atom. The first-order valence-electron chi connectivity index (χ1n) is 9.28. The van der Waals surface area contributed by atoms with Crippen molar-refractivity contribution in [2.24, 2.45) is 34.5 Å². The van der Waals surface area contributed by atoms with Gasteiger partial charge in [0.15, 0.2) is 0 Å². The third kappa shape index (κ3) is 1.79. The van der Waals surface area contributed by atoms with Crippen molar-refractivity contribution in [1.82, 2.24) is 0 Å². The highest BCUT2D eigenvalue weighted by Crippen LogP contribution is 2.64. The van der Waals surface area contributed by atoms with E-state index in [2.05, 4.69) is 26.8 Å². The van der Waals surface area contributed by atoms with Crippen molar-refractivity contribution in [3.63, 3.8) is 0 Å². The second kappa shape index (κ2) is 4.69. The van der Waals surface area contributed by atoms with Crippen LogP contribution in [-0.2, 0) is 4.79 Å². The zero-order chi connectivity index (χ0) is 15.7. The molecule has 4 aliphatic rings. The lowest BCUT2D eigenvalue weighted by atomic mass is 9.48. The molecule has 0 aliphatic heterocycles. The zero-order valence-corrected chi connectivity index (χ0v) is 14.3. The molecule has 0 spiro atoms. The van der Waals surface area contributed by atoms with Gasteiger partial charge >= 0.3 is 0 Å². The molecule has 122 valence electrons. The Hall–Kier alpha value is -0.630. The van der Waals surface area contributed by atoms with Crippen molar-refractivity contribution in [2.75, 3.05) is 0 Å². The monoisotopic (exact) mass is 302 g/mol. The molecule has 0 amide bonds. The number of Topliss-reactive ketones (excluding diaryl/α,β-unsaturated/α-hetero) is 1. The van der Waals surface area contributed by atoms with Crippen LogP contribution in [0.2, 0.25) is 0 Å². The Bertz CT molecular complexity index is 536. The molecule has 0 aromatic rings. The number of hydrogen-bond acceptors (Lipinski definition) is 2. The third-order valence-corrected chi connectivity index (χ3v) is 8.09. The van der Waals surface area contributed by atoms with Crippen LogP contribution >= 0.6 is 0 Å². The standard InChI is InChI=1S/C20H30O2/c1-12-10-17-15-5-4-13-11-14(21)6-8-19(13,2)16(15)7-9-20(17,3)18(12)22/h4,12,14-17,21H,5-11H2,1-3H3/t12-,14-,15?,16?,17?,19+,20+/m1/s1. The van der Waals surface area contributed by atoms with Crippen molar-refractivity contribution in [1.29, 1.82) is 0 Å². The van der Waals surface area contributed by atoms with E-state index in [1.165, 1.54) is 12.0 Å². The maximum absolute atomic E-state index is 12.7. The minimum Gasteiger partial charge on any atom is -0.393 e. The largest absolute Gasteiger partial charge is 0.393 e. The topological polar surface area (TPSA) is 37.3 Å². The molecule has 3 unspecified atom stereocenters. The SMILES string of the molecule is C[C@@H]1CC2C3CC=C4C[C@H](O)CC[C@]4(C)C3CC[C@]2(C)C1=O. The van der Waals surface area contributed by atoms with Crippen LogP contribution in [0.3, 0.4) is 0 Å². The lowest BCUT2D eigenvalue weighted by molar-refractivity contribution is -0.133. The smallest absolute Gasteiger partial charge is 0.141 e. The first-order valence-corrected chi connectivity index (χ1v) is 9.28. The summed E-state index contributed by atoms with van der Waals surface area (Å²) in [6, 6.07) is 0. The molecule has 0 heterocycles. The highest BCUT2D eigenvalue weighted by molar-refractivity contribution is 5.89. The number of carbonyl (C=O) groups excluding carboxylic acids is 1. The molecule has 2 heteroatoms. The van der Waals surface area contributed by atoms with Gasteiger partial charge in [0.05, 0.1) is 6.10 Å². The highest BCUT2D eigenvalue weighted by atomic mass is 16.3. The predicted octanol–water partition coefficient (Wildman–Crippen LogP) is 4.13. The van der Waals surface area contributed by atoms with Crippen molar-refractivity contribution in [3.05, 3.63) is 11.6 Å². The number of aliphatic hydroxyl groups excluding tert-OH is 1. The van der Waals surface area contributed by atoms with E-state index in [-0.39, 0.29) is 17.4 Å². The molecule has 3 fully saturated rings. The van der Waals surface area contributed by atoms with Gasteiger partial charge in [-0.15, -0.1) is 0 Å². The van der Waals surface area contributed by atoms with Gasteiger partial charge in [0.1, 0.15) is 5.78 Å². The Morgan fingerprint density at radius 1 is 1.14 bits per heavy atom. The van der Waals surface area contributed by atoms with E-state index >= 15 is 0 Å². The first-order chi connectivity index (χ1) is 10.4. The van der Waals surface area contributed by atoms with Gasteiger partial charge in [-0.25, -0.2) is 0 Å². The summed E-state index contributed by atoms with van der Waals surface area (Å²) >= 11 is 0. The number of aliphatic hydroxyl groups is 1. The fourth-order valence-corrected chi connectivity index (χ4v) is 6.75. The van der Waals surface area contributed by atoms with Crippen LogP contribution in [0.25, 0.3) is 0 Å². The summed E-state index contributed by atoms with van der Waals surface area (Å²) in [5.41, 5.74) is 1.77. The Kier molecular flexibility index (Phi) is 3.18. The molecule has 2 nitrogen and oxygen atoms in total. The quantitative estimate of drug-likeness (QED) is 0.683. The van der Waals surface area contributed by atoms with Crippen molar-refractivity contribution >= 4 is 5.78 Å². The van der Waals surface area contributed by atoms with Gasteiger partial charge in [0.2, 0.25) is 0 Å². The first kappa shape index (κ1) is 14.9. The van der Waals surface area contributed by atoms with Gasteiger partial charge in [0, 0.05) is 11.3 Å². The van der Waals surface area contributed by atoms with Gasteiger partial charge in [-0.1, -0.05) is 32.4 Å². The number of allylic oxidation sites excluding steroid dienone is 1. The van der Waals surface area contributed by atoms with Gasteiger partial charge in [-0.05, 0) is 68.1 Å². The third-order valence-electron chi connectivity index (χ3n) is 8.09. The van der Waals surface area contributed by atoms with Gasteiger partial charge < -0.3 is 5.11 Å². The fraction of sp³-hybridized carbons (Fsp3) is 0.850. The molecule has 0 saturated heterocycles. The van der Waals surface area contributed by atoms with Gasteiger partial charge in [0.25, 0.3) is 0 Å². The Balaban J connectivity index is 1.70. The van der Waals surface area contributed by atoms with E-state index in [1.807, 2.05) is 0 Å². The van der Waals surface area contributed by atoms with Crippen LogP contribution in [0, 0.1) is 34.5 Å². The second-order valence-electron chi connectivity index (χ2n) is 9.11. The van der Waals surface area contributed by atoms with Crippen LogP contribution < -0.4 is 0 Å². The Morgan fingerprint density at radius 2 is 1.86 bits per heavy atom. The highest BCUT2D eigenvalue weighted by Gasteiger charge is 2.60. The number of ketones is 1. The molecule has 0 aromatic carbocycles.